The van der Waals surface area contributed by atoms with Crippen LogP contribution in [0.1, 0.15) is 29.9 Å². The molecule has 0 aliphatic carbocycles. The highest BCUT2D eigenvalue weighted by atomic mass is 32.1. The second kappa shape index (κ2) is 7.64. The van der Waals surface area contributed by atoms with E-state index in [0.29, 0.717) is 31.0 Å². The summed E-state index contributed by atoms with van der Waals surface area (Å²) in [5.41, 5.74) is 0.633. The van der Waals surface area contributed by atoms with Gasteiger partial charge in [-0.2, -0.15) is 0 Å². The van der Waals surface area contributed by atoms with Crippen LogP contribution in [0.3, 0.4) is 0 Å². The number of thiophene rings is 1. The van der Waals surface area contributed by atoms with Crippen molar-refractivity contribution in [3.05, 3.63) is 53.4 Å². The van der Waals surface area contributed by atoms with E-state index < -0.39 is 0 Å². The monoisotopic (exact) mass is 425 g/mol. The van der Waals surface area contributed by atoms with Gasteiger partial charge in [-0.25, -0.2) is 14.1 Å². The Hall–Kier alpha value is -3.07. The van der Waals surface area contributed by atoms with Gasteiger partial charge in [0, 0.05) is 26.1 Å². The molecule has 5 rings (SSSR count). The highest BCUT2D eigenvalue weighted by Crippen LogP contribution is 2.27. The van der Waals surface area contributed by atoms with Gasteiger partial charge in [0.15, 0.2) is 5.82 Å². The summed E-state index contributed by atoms with van der Waals surface area (Å²) in [6, 6.07) is 9.82. The molecule has 2 fully saturated rings. The first-order chi connectivity index (χ1) is 14.6. The predicted octanol–water partition coefficient (Wildman–Crippen LogP) is 2.97. The van der Waals surface area contributed by atoms with Crippen molar-refractivity contribution in [1.82, 2.24) is 24.6 Å². The van der Waals surface area contributed by atoms with E-state index in [4.69, 9.17) is 0 Å². The molecule has 9 heteroatoms. The lowest BCUT2D eigenvalue weighted by molar-refractivity contribution is -0.129. The Labute approximate surface area is 176 Å². The SMILES string of the molecule is O=C(c1nc(-c2cccs2)n(-c2ccc(F)cc2)n1)N1CCC(N2CCCC2=O)C1. The Morgan fingerprint density at radius 2 is 2.00 bits per heavy atom. The van der Waals surface area contributed by atoms with Crippen LogP contribution in [-0.4, -0.2) is 62.1 Å². The third-order valence-electron chi connectivity index (χ3n) is 5.61. The van der Waals surface area contributed by atoms with Crippen molar-refractivity contribution in [2.45, 2.75) is 25.3 Å². The van der Waals surface area contributed by atoms with Crippen LogP contribution in [0.25, 0.3) is 16.4 Å². The summed E-state index contributed by atoms with van der Waals surface area (Å²) in [7, 11) is 0. The van der Waals surface area contributed by atoms with Crippen LogP contribution in [0, 0.1) is 5.82 Å². The fourth-order valence-corrected chi connectivity index (χ4v) is 4.81. The van der Waals surface area contributed by atoms with E-state index in [9.17, 15) is 14.0 Å². The lowest BCUT2D eigenvalue weighted by Gasteiger charge is -2.23. The molecule has 0 bridgehead atoms. The molecule has 3 aromatic rings. The van der Waals surface area contributed by atoms with Crippen LogP contribution in [0.15, 0.2) is 41.8 Å². The minimum atomic E-state index is -0.340. The first-order valence-electron chi connectivity index (χ1n) is 9.96. The maximum Gasteiger partial charge on any atom is 0.293 e. The molecular weight excluding hydrogens is 405 g/mol. The van der Waals surface area contributed by atoms with Crippen molar-refractivity contribution in [3.63, 3.8) is 0 Å². The van der Waals surface area contributed by atoms with Gasteiger partial charge in [-0.15, -0.1) is 16.4 Å². The molecule has 1 atom stereocenters. The van der Waals surface area contributed by atoms with Crippen LogP contribution >= 0.6 is 11.3 Å². The lowest BCUT2D eigenvalue weighted by Crippen LogP contribution is -2.39. The van der Waals surface area contributed by atoms with Gasteiger partial charge in [-0.05, 0) is 48.6 Å². The van der Waals surface area contributed by atoms with Gasteiger partial charge in [0.1, 0.15) is 5.82 Å². The molecule has 2 saturated heterocycles. The lowest BCUT2D eigenvalue weighted by atomic mass is 10.2. The quantitative estimate of drug-likeness (QED) is 0.644. The zero-order chi connectivity index (χ0) is 20.7. The molecule has 0 saturated carbocycles. The number of hydrogen-bond acceptors (Lipinski definition) is 5. The molecule has 7 nitrogen and oxygen atoms in total. The van der Waals surface area contributed by atoms with E-state index in [-0.39, 0.29) is 29.5 Å². The number of rotatable bonds is 4. The molecule has 4 heterocycles. The van der Waals surface area contributed by atoms with Crippen molar-refractivity contribution in [3.8, 4) is 16.4 Å². The summed E-state index contributed by atoms with van der Waals surface area (Å²) in [4.78, 5) is 34.2. The van der Waals surface area contributed by atoms with E-state index in [1.54, 1.807) is 21.7 Å². The van der Waals surface area contributed by atoms with Crippen molar-refractivity contribution >= 4 is 23.2 Å². The van der Waals surface area contributed by atoms with Crippen LogP contribution in [-0.2, 0) is 4.79 Å². The van der Waals surface area contributed by atoms with Crippen molar-refractivity contribution in [2.75, 3.05) is 19.6 Å². The Morgan fingerprint density at radius 3 is 2.70 bits per heavy atom. The van der Waals surface area contributed by atoms with Gasteiger partial charge in [-0.3, -0.25) is 9.59 Å². The number of aromatic nitrogens is 3. The van der Waals surface area contributed by atoms with Crippen LogP contribution in [0.2, 0.25) is 0 Å². The molecule has 0 N–H and O–H groups in total. The molecule has 2 amide bonds. The fourth-order valence-electron chi connectivity index (χ4n) is 4.11. The zero-order valence-corrected chi connectivity index (χ0v) is 17.0. The molecule has 1 unspecified atom stereocenters. The molecule has 2 aliphatic rings. The zero-order valence-electron chi connectivity index (χ0n) is 16.2. The number of carbonyl (C=O) groups is 2. The molecule has 2 aromatic heterocycles. The van der Waals surface area contributed by atoms with Crippen LogP contribution < -0.4 is 0 Å². The van der Waals surface area contributed by atoms with E-state index in [0.717, 1.165) is 24.3 Å². The largest absolute Gasteiger partial charge is 0.338 e. The molecule has 30 heavy (non-hydrogen) atoms. The summed E-state index contributed by atoms with van der Waals surface area (Å²) in [6.07, 6.45) is 2.25. The summed E-state index contributed by atoms with van der Waals surface area (Å²) < 4.78 is 15.0. The number of likely N-dealkylation sites (tertiary alicyclic amines) is 2. The predicted molar refractivity (Wildman–Crippen MR) is 110 cm³/mol. The average Bonchev–Trinajstić information content (AvgIpc) is 3.53. The molecule has 154 valence electrons. The number of halogens is 1. The van der Waals surface area contributed by atoms with Crippen molar-refractivity contribution < 1.29 is 14.0 Å². The van der Waals surface area contributed by atoms with Crippen LogP contribution in [0.5, 0.6) is 0 Å². The van der Waals surface area contributed by atoms with Gasteiger partial charge in [0.2, 0.25) is 11.7 Å². The second-order valence-corrected chi connectivity index (χ2v) is 8.46. The minimum Gasteiger partial charge on any atom is -0.338 e. The topological polar surface area (TPSA) is 71.3 Å². The first kappa shape index (κ1) is 18.9. The summed E-state index contributed by atoms with van der Waals surface area (Å²) >= 11 is 1.50. The molecular formula is C21H20FN5O2S. The van der Waals surface area contributed by atoms with Gasteiger partial charge in [0.25, 0.3) is 5.91 Å². The standard InChI is InChI=1S/C21H20FN5O2S/c22-14-5-7-15(8-6-14)27-20(17-3-2-12-30-17)23-19(24-27)21(29)25-11-9-16(13-25)26-10-1-4-18(26)28/h2-3,5-8,12,16H,1,4,9-11,13H2. The Morgan fingerprint density at radius 1 is 1.17 bits per heavy atom. The number of amides is 2. The highest BCUT2D eigenvalue weighted by Gasteiger charge is 2.36. The Bertz CT molecular complexity index is 1080. The van der Waals surface area contributed by atoms with Crippen molar-refractivity contribution in [1.29, 1.82) is 0 Å². The number of benzene rings is 1. The maximum absolute atomic E-state index is 13.4. The number of hydrogen-bond donors (Lipinski definition) is 0. The van der Waals surface area contributed by atoms with E-state index in [2.05, 4.69) is 10.1 Å². The molecule has 1 aromatic carbocycles. The highest BCUT2D eigenvalue weighted by molar-refractivity contribution is 7.13. The minimum absolute atomic E-state index is 0.0694. The Balaban J connectivity index is 1.43. The van der Waals surface area contributed by atoms with Gasteiger partial charge in [-0.1, -0.05) is 6.07 Å². The van der Waals surface area contributed by atoms with Gasteiger partial charge < -0.3 is 9.80 Å². The smallest absolute Gasteiger partial charge is 0.293 e. The first-order valence-corrected chi connectivity index (χ1v) is 10.8. The van der Waals surface area contributed by atoms with Gasteiger partial charge in [0.05, 0.1) is 16.6 Å². The molecule has 0 spiro atoms. The van der Waals surface area contributed by atoms with Crippen molar-refractivity contribution in [2.24, 2.45) is 0 Å². The molecule has 2 aliphatic heterocycles. The maximum atomic E-state index is 13.4. The number of nitrogens with zero attached hydrogens (tertiary/aromatic N) is 5. The third kappa shape index (κ3) is 3.39. The second-order valence-electron chi connectivity index (χ2n) is 7.51. The van der Waals surface area contributed by atoms with Crippen LogP contribution in [0.4, 0.5) is 4.39 Å². The fraction of sp³-hybridized carbons (Fsp3) is 0.333. The van der Waals surface area contributed by atoms with E-state index in [1.807, 2.05) is 22.4 Å². The Kier molecular flexibility index (Phi) is 4.82. The summed E-state index contributed by atoms with van der Waals surface area (Å²) in [6.45, 7) is 1.85. The summed E-state index contributed by atoms with van der Waals surface area (Å²) in [5.74, 6) is 0.241. The molecule has 0 radical (unpaired) electrons. The average molecular weight is 425 g/mol. The normalized spacial score (nSPS) is 19.1. The van der Waals surface area contributed by atoms with E-state index >= 15 is 0 Å². The summed E-state index contributed by atoms with van der Waals surface area (Å²) in [5, 5.41) is 6.40. The van der Waals surface area contributed by atoms with E-state index in [1.165, 1.54) is 23.5 Å². The number of carbonyl (C=O) groups excluding carboxylic acids is 2. The third-order valence-corrected chi connectivity index (χ3v) is 6.48. The van der Waals surface area contributed by atoms with Gasteiger partial charge >= 0.3 is 0 Å².